The molecule has 0 heterocycles. The van der Waals surface area contributed by atoms with Gasteiger partial charge in [0, 0.05) is 0 Å². The number of hydrogen-bond donors (Lipinski definition) is 1. The summed E-state index contributed by atoms with van der Waals surface area (Å²) in [6.45, 7) is 0. The van der Waals surface area contributed by atoms with Crippen LogP contribution in [-0.2, 0) is 16.0 Å². The van der Waals surface area contributed by atoms with Gasteiger partial charge in [0.25, 0.3) is 0 Å². The molecule has 1 aromatic rings. The molecule has 1 unspecified atom stereocenters. The van der Waals surface area contributed by atoms with Crippen LogP contribution in [0.15, 0.2) is 24.3 Å². The van der Waals surface area contributed by atoms with Gasteiger partial charge >= 0.3 is 0 Å². The molecule has 2 N–H and O–H groups in total. The van der Waals surface area contributed by atoms with E-state index in [4.69, 9.17) is 11.0 Å². The number of benzene rings is 1. The van der Waals surface area contributed by atoms with Gasteiger partial charge < -0.3 is 15.6 Å². The number of rotatable bonds is 5. The van der Waals surface area contributed by atoms with Gasteiger partial charge in [-0.15, -0.1) is 0 Å². The summed E-state index contributed by atoms with van der Waals surface area (Å²) in [4.78, 5) is 21.4. The van der Waals surface area contributed by atoms with E-state index in [1.54, 1.807) is 24.3 Å². The average molecular weight is 231 g/mol. The minimum Gasteiger partial charge on any atom is -0.549 e. The van der Waals surface area contributed by atoms with Crippen LogP contribution in [0.5, 0.6) is 0 Å². The highest BCUT2D eigenvalue weighted by molar-refractivity contribution is 5.95. The molecule has 0 saturated carbocycles. The van der Waals surface area contributed by atoms with E-state index in [2.05, 4.69) is 0 Å². The summed E-state index contributed by atoms with van der Waals surface area (Å²) < 4.78 is 0. The van der Waals surface area contributed by atoms with E-state index in [9.17, 15) is 14.7 Å². The van der Waals surface area contributed by atoms with Crippen molar-refractivity contribution in [2.45, 2.75) is 12.8 Å². The Kier molecular flexibility index (Phi) is 4.23. The van der Waals surface area contributed by atoms with Crippen LogP contribution in [0.1, 0.15) is 17.5 Å². The third-order valence-electron chi connectivity index (χ3n) is 2.43. The van der Waals surface area contributed by atoms with Crippen molar-refractivity contribution in [3.8, 4) is 6.07 Å². The number of nitriles is 1. The Hall–Kier alpha value is -2.35. The number of carboxylic acid groups (broad SMARTS) is 1. The van der Waals surface area contributed by atoms with Gasteiger partial charge in [0.2, 0.25) is 5.91 Å². The largest absolute Gasteiger partial charge is 0.549 e. The fourth-order valence-electron chi connectivity index (χ4n) is 1.43. The summed E-state index contributed by atoms with van der Waals surface area (Å²) in [7, 11) is 0. The lowest BCUT2D eigenvalue weighted by atomic mass is 9.98. The third-order valence-corrected chi connectivity index (χ3v) is 2.43. The topological polar surface area (TPSA) is 107 Å². The first-order valence-electron chi connectivity index (χ1n) is 5.04. The molecule has 5 heteroatoms. The van der Waals surface area contributed by atoms with Gasteiger partial charge in [0.05, 0.1) is 23.5 Å². The number of hydrogen-bond acceptors (Lipinski definition) is 4. The van der Waals surface area contributed by atoms with Gasteiger partial charge in [-0.2, -0.15) is 5.26 Å². The Morgan fingerprint density at radius 3 is 2.35 bits per heavy atom. The zero-order chi connectivity index (χ0) is 12.8. The Balaban J connectivity index is 2.63. The van der Waals surface area contributed by atoms with Crippen LogP contribution in [0, 0.1) is 17.2 Å². The first-order valence-corrected chi connectivity index (χ1v) is 5.04. The quantitative estimate of drug-likeness (QED) is 0.679. The summed E-state index contributed by atoms with van der Waals surface area (Å²) >= 11 is 0. The van der Waals surface area contributed by atoms with Crippen molar-refractivity contribution in [2.24, 2.45) is 11.7 Å². The van der Waals surface area contributed by atoms with Gasteiger partial charge in [0.1, 0.15) is 0 Å². The number of nitrogens with two attached hydrogens (primary N) is 1. The van der Waals surface area contributed by atoms with E-state index >= 15 is 0 Å². The lowest BCUT2D eigenvalue weighted by molar-refractivity contribution is -0.310. The van der Waals surface area contributed by atoms with E-state index < -0.39 is 17.8 Å². The molecule has 0 aliphatic rings. The predicted octanol–water partition coefficient (Wildman–Crippen LogP) is -0.658. The minimum absolute atomic E-state index is 0.101. The zero-order valence-electron chi connectivity index (χ0n) is 9.05. The standard InChI is InChI=1S/C12H12N2O3/c13-7-9-3-1-8(2-4-9)5-6-10(11(14)15)12(16)17/h1-4,10H,5-6H2,(H2,14,15)(H,16,17)/p-1. The van der Waals surface area contributed by atoms with E-state index in [-0.39, 0.29) is 6.42 Å². The molecule has 0 saturated heterocycles. The van der Waals surface area contributed by atoms with Crippen LogP contribution in [0.25, 0.3) is 0 Å². The van der Waals surface area contributed by atoms with E-state index in [0.717, 1.165) is 5.56 Å². The van der Waals surface area contributed by atoms with Crippen molar-refractivity contribution in [2.75, 3.05) is 0 Å². The smallest absolute Gasteiger partial charge is 0.226 e. The number of carbonyl (C=O) groups is 2. The monoisotopic (exact) mass is 231 g/mol. The maximum absolute atomic E-state index is 10.8. The number of amides is 1. The fraction of sp³-hybridized carbons (Fsp3) is 0.250. The average Bonchev–Trinajstić information content (AvgIpc) is 2.29. The highest BCUT2D eigenvalue weighted by Gasteiger charge is 2.16. The first-order chi connectivity index (χ1) is 8.04. The molecule has 0 radical (unpaired) electrons. The summed E-state index contributed by atoms with van der Waals surface area (Å²) in [6, 6.07) is 8.67. The van der Waals surface area contributed by atoms with E-state index in [1.165, 1.54) is 0 Å². The number of nitrogens with zero attached hydrogens (tertiary/aromatic N) is 1. The Morgan fingerprint density at radius 1 is 1.35 bits per heavy atom. The molecule has 1 aromatic carbocycles. The molecule has 0 fully saturated rings. The molecule has 5 nitrogen and oxygen atoms in total. The van der Waals surface area contributed by atoms with Gasteiger partial charge in [0.15, 0.2) is 0 Å². The summed E-state index contributed by atoms with van der Waals surface area (Å²) in [5.74, 6) is -3.62. The van der Waals surface area contributed by atoms with Crippen molar-refractivity contribution in [3.63, 3.8) is 0 Å². The SMILES string of the molecule is N#Cc1ccc(CCC(C(N)=O)C(=O)[O-])cc1. The molecule has 17 heavy (non-hydrogen) atoms. The maximum Gasteiger partial charge on any atom is 0.226 e. The maximum atomic E-state index is 10.8. The van der Waals surface area contributed by atoms with Gasteiger partial charge in [-0.1, -0.05) is 12.1 Å². The van der Waals surface area contributed by atoms with Crippen molar-refractivity contribution < 1.29 is 14.7 Å². The number of carbonyl (C=O) groups excluding carboxylic acids is 2. The van der Waals surface area contributed by atoms with Crippen LogP contribution in [0.2, 0.25) is 0 Å². The predicted molar refractivity (Wildman–Crippen MR) is 57.2 cm³/mol. The Labute approximate surface area is 98.5 Å². The number of aliphatic carboxylic acids is 1. The van der Waals surface area contributed by atoms with Gasteiger partial charge in [-0.3, -0.25) is 4.79 Å². The Bertz CT molecular complexity index is 446. The van der Waals surface area contributed by atoms with Crippen molar-refractivity contribution in [1.29, 1.82) is 5.26 Å². The molecular weight excluding hydrogens is 220 g/mol. The Morgan fingerprint density at radius 2 is 1.94 bits per heavy atom. The second kappa shape index (κ2) is 5.66. The number of aryl methyl sites for hydroxylation is 1. The lowest BCUT2D eigenvalue weighted by Gasteiger charge is -2.13. The highest BCUT2D eigenvalue weighted by Crippen LogP contribution is 2.10. The van der Waals surface area contributed by atoms with Gasteiger partial charge in [-0.05, 0) is 30.5 Å². The normalized spacial score (nSPS) is 11.5. The van der Waals surface area contributed by atoms with E-state index in [0.29, 0.717) is 12.0 Å². The zero-order valence-corrected chi connectivity index (χ0v) is 9.05. The molecule has 1 rings (SSSR count). The molecule has 0 aliphatic carbocycles. The molecule has 88 valence electrons. The summed E-state index contributed by atoms with van der Waals surface area (Å²) in [5, 5.41) is 19.2. The molecule has 1 atom stereocenters. The van der Waals surface area contributed by atoms with Crippen molar-refractivity contribution in [1.82, 2.24) is 0 Å². The minimum atomic E-state index is -1.45. The molecule has 0 spiro atoms. The van der Waals surface area contributed by atoms with Gasteiger partial charge in [-0.25, -0.2) is 0 Å². The first kappa shape index (κ1) is 12.7. The molecule has 0 aliphatic heterocycles. The molecule has 0 aromatic heterocycles. The number of primary amides is 1. The molecule has 0 bridgehead atoms. The van der Waals surface area contributed by atoms with Crippen LogP contribution in [-0.4, -0.2) is 11.9 Å². The second-order valence-corrected chi connectivity index (χ2v) is 3.62. The van der Waals surface area contributed by atoms with Crippen LogP contribution >= 0.6 is 0 Å². The summed E-state index contributed by atoms with van der Waals surface area (Å²) in [5.41, 5.74) is 6.32. The summed E-state index contributed by atoms with van der Waals surface area (Å²) in [6.07, 6.45) is 0.497. The van der Waals surface area contributed by atoms with Crippen LogP contribution in [0.3, 0.4) is 0 Å². The highest BCUT2D eigenvalue weighted by atomic mass is 16.4. The van der Waals surface area contributed by atoms with Crippen LogP contribution in [0.4, 0.5) is 0 Å². The number of carboxylic acids is 1. The third kappa shape index (κ3) is 3.61. The molecular formula is C12H11N2O3-. The lowest BCUT2D eigenvalue weighted by Crippen LogP contribution is -2.40. The van der Waals surface area contributed by atoms with Crippen LogP contribution < -0.4 is 10.8 Å². The fourth-order valence-corrected chi connectivity index (χ4v) is 1.43. The van der Waals surface area contributed by atoms with Crippen molar-refractivity contribution >= 4 is 11.9 Å². The second-order valence-electron chi connectivity index (χ2n) is 3.62. The van der Waals surface area contributed by atoms with Crippen molar-refractivity contribution in [3.05, 3.63) is 35.4 Å². The molecule has 1 amide bonds. The van der Waals surface area contributed by atoms with E-state index in [1.807, 2.05) is 6.07 Å².